The van der Waals surface area contributed by atoms with Crippen molar-refractivity contribution in [3.05, 3.63) is 88.2 Å². The van der Waals surface area contributed by atoms with E-state index in [4.69, 9.17) is 27.9 Å². The summed E-state index contributed by atoms with van der Waals surface area (Å²) < 4.78 is 8.84. The molecule has 30 heavy (non-hydrogen) atoms. The fourth-order valence-electron chi connectivity index (χ4n) is 3.12. The lowest BCUT2D eigenvalue weighted by Crippen LogP contribution is -2.19. The Morgan fingerprint density at radius 1 is 1.03 bits per heavy atom. The smallest absolute Gasteiger partial charge is 0.339 e. The Labute approximate surface area is 182 Å². The number of hydrogen-bond donors (Lipinski definition) is 1. The van der Waals surface area contributed by atoms with Gasteiger partial charge in [-0.1, -0.05) is 41.4 Å². The molecule has 4 aromatic heterocycles. The summed E-state index contributed by atoms with van der Waals surface area (Å²) in [5, 5.41) is 11.5. The number of pyridine rings is 3. The average Bonchev–Trinajstić information content (AvgIpc) is 3.03. The summed E-state index contributed by atoms with van der Waals surface area (Å²) in [6, 6.07) is 12.4. The largest absolute Gasteiger partial charge is 0.474 e. The highest BCUT2D eigenvalue weighted by Gasteiger charge is 2.30. The van der Waals surface area contributed by atoms with Crippen LogP contribution in [-0.2, 0) is 17.9 Å². The van der Waals surface area contributed by atoms with Gasteiger partial charge in [0.25, 0.3) is 11.3 Å². The van der Waals surface area contributed by atoms with E-state index >= 15 is 0 Å². The molecular weight excluding hydrogens is 427 g/mol. The van der Waals surface area contributed by atoms with Crippen molar-refractivity contribution in [2.75, 3.05) is 6.61 Å². The van der Waals surface area contributed by atoms with E-state index in [9.17, 15) is 9.90 Å². The van der Waals surface area contributed by atoms with Gasteiger partial charge in [0.05, 0.1) is 12.8 Å². The predicted octanol–water partition coefficient (Wildman–Crippen LogP) is 3.48. The molecule has 9 heteroatoms. The number of carbonyl (C=O) groups excluding carboxylic acids is 1. The maximum absolute atomic E-state index is 13.0. The molecule has 1 N–H and O–H groups in total. The summed E-state index contributed by atoms with van der Waals surface area (Å²) in [5.41, 5.74) is 2.45. The quantitative estimate of drug-likeness (QED) is 0.268. The van der Waals surface area contributed by atoms with E-state index in [1.165, 1.54) is 0 Å². The van der Waals surface area contributed by atoms with Crippen LogP contribution in [0.5, 0.6) is 5.88 Å². The summed E-state index contributed by atoms with van der Waals surface area (Å²) in [7, 11) is 0. The molecule has 4 heterocycles. The second kappa shape index (κ2) is 8.79. The van der Waals surface area contributed by atoms with Crippen LogP contribution in [-0.4, -0.2) is 32.0 Å². The Bertz CT molecular complexity index is 1190. The molecule has 0 saturated carbocycles. The molecule has 7 nitrogen and oxygen atoms in total. The number of fused-ring (bicyclic) bond motifs is 1. The van der Waals surface area contributed by atoms with Crippen molar-refractivity contribution < 1.29 is 19.0 Å². The molecule has 0 bridgehead atoms. The van der Waals surface area contributed by atoms with E-state index in [0.29, 0.717) is 22.5 Å². The van der Waals surface area contributed by atoms with Crippen molar-refractivity contribution in [2.45, 2.75) is 13.2 Å². The number of Topliss-reactive ketones (excluding diaryl/α,β-unsaturated/α-hetero) is 1. The Kier molecular flexibility index (Phi) is 5.94. The third kappa shape index (κ3) is 4.28. The summed E-state index contributed by atoms with van der Waals surface area (Å²) in [4.78, 5) is 21.0. The molecule has 0 spiro atoms. The number of rotatable bonds is 7. The topological polar surface area (TPSA) is 81.3 Å². The highest BCUT2D eigenvalue weighted by atomic mass is 35.5. The molecule has 0 aliphatic rings. The number of nitrogens with zero attached hydrogens (tertiary/aromatic N) is 4. The third-order valence-electron chi connectivity index (χ3n) is 4.51. The second-order valence-corrected chi connectivity index (χ2v) is 7.36. The maximum Gasteiger partial charge on any atom is 0.339 e. The third-order valence-corrected chi connectivity index (χ3v) is 4.96. The first-order valence-electron chi connectivity index (χ1n) is 9.06. The van der Waals surface area contributed by atoms with Crippen LogP contribution in [0.2, 0.25) is 10.3 Å². The van der Waals surface area contributed by atoms with Gasteiger partial charge in [0.2, 0.25) is 5.78 Å². The molecule has 0 aliphatic heterocycles. The van der Waals surface area contributed by atoms with Crippen LogP contribution in [0.3, 0.4) is 0 Å². The first-order valence-corrected chi connectivity index (χ1v) is 9.82. The lowest BCUT2D eigenvalue weighted by Gasteiger charge is -2.05. The minimum Gasteiger partial charge on any atom is -0.474 e. The molecule has 152 valence electrons. The van der Waals surface area contributed by atoms with E-state index in [-0.39, 0.29) is 30.6 Å². The van der Waals surface area contributed by atoms with Gasteiger partial charge in [-0.05, 0) is 23.8 Å². The van der Waals surface area contributed by atoms with Gasteiger partial charge in [0.1, 0.15) is 23.5 Å². The fourth-order valence-corrected chi connectivity index (χ4v) is 3.35. The minimum absolute atomic E-state index is 0.144. The van der Waals surface area contributed by atoms with Crippen LogP contribution in [0.4, 0.5) is 0 Å². The Morgan fingerprint density at radius 2 is 1.73 bits per heavy atom. The first kappa shape index (κ1) is 20.3. The van der Waals surface area contributed by atoms with E-state index < -0.39 is 0 Å². The number of imidazole rings is 1. The molecule has 0 saturated heterocycles. The first-order chi connectivity index (χ1) is 14.5. The Morgan fingerprint density at radius 3 is 2.40 bits per heavy atom. The molecule has 0 aromatic carbocycles. The molecule has 0 aliphatic carbocycles. The fraction of sp³-hybridized carbons (Fsp3) is 0.143. The monoisotopic (exact) mass is 443 g/mol. The standard InChI is InChI=1S/C21H16Cl2N4O3/c22-17-6-4-14(9-24-17)11-27-19-3-1-2-8-26(19)21(29)20(27)16(28)13-30-12-15-5-7-18(23)25-10-15/h1-10H,11-13H2/p+1. The number of carbonyl (C=O) groups is 1. The maximum atomic E-state index is 13.0. The highest BCUT2D eigenvalue weighted by molar-refractivity contribution is 6.29. The number of ketones is 1. The lowest BCUT2D eigenvalue weighted by molar-refractivity contribution is -0.521. The van der Waals surface area contributed by atoms with Gasteiger partial charge in [-0.3, -0.25) is 4.79 Å². The summed E-state index contributed by atoms with van der Waals surface area (Å²) in [5.74, 6) is -0.491. The molecule has 0 atom stereocenters. The van der Waals surface area contributed by atoms with Gasteiger partial charge >= 0.3 is 5.88 Å². The van der Waals surface area contributed by atoms with Gasteiger partial charge in [-0.15, -0.1) is 0 Å². The molecule has 0 radical (unpaired) electrons. The van der Waals surface area contributed by atoms with Crippen molar-refractivity contribution in [3.63, 3.8) is 0 Å². The Hall–Kier alpha value is -3.00. The van der Waals surface area contributed by atoms with Gasteiger partial charge in [-0.25, -0.2) is 14.5 Å². The average molecular weight is 444 g/mol. The number of halogens is 2. The summed E-state index contributed by atoms with van der Waals surface area (Å²) in [6.07, 6.45) is 4.92. The van der Waals surface area contributed by atoms with Crippen LogP contribution in [0, 0.1) is 0 Å². The van der Waals surface area contributed by atoms with Crippen LogP contribution in [0.25, 0.3) is 5.65 Å². The van der Waals surface area contributed by atoms with Gasteiger partial charge in [-0.2, -0.15) is 4.40 Å². The highest BCUT2D eigenvalue weighted by Crippen LogP contribution is 2.20. The predicted molar refractivity (Wildman–Crippen MR) is 111 cm³/mol. The minimum atomic E-state index is -0.347. The SMILES string of the molecule is O=C(COCc1ccc(Cl)nc1)c1c(O)[n+]2ccccc2n1Cc1ccc(Cl)nc1. The van der Waals surface area contributed by atoms with Gasteiger partial charge in [0.15, 0.2) is 0 Å². The van der Waals surface area contributed by atoms with E-state index in [2.05, 4.69) is 9.97 Å². The van der Waals surface area contributed by atoms with Crippen LogP contribution in [0.15, 0.2) is 61.1 Å². The molecule has 0 amide bonds. The van der Waals surface area contributed by atoms with Crippen molar-refractivity contribution in [1.29, 1.82) is 0 Å². The van der Waals surface area contributed by atoms with Crippen LogP contribution >= 0.6 is 23.2 Å². The number of aromatic hydroxyl groups is 1. The number of aromatic nitrogens is 4. The number of hydrogen-bond acceptors (Lipinski definition) is 5. The molecule has 4 aromatic rings. The van der Waals surface area contributed by atoms with Crippen LogP contribution < -0.4 is 4.40 Å². The van der Waals surface area contributed by atoms with Crippen LogP contribution in [0.1, 0.15) is 21.6 Å². The van der Waals surface area contributed by atoms with Crippen molar-refractivity contribution in [1.82, 2.24) is 14.5 Å². The molecule has 4 rings (SSSR count). The van der Waals surface area contributed by atoms with Gasteiger partial charge in [0, 0.05) is 24.0 Å². The van der Waals surface area contributed by atoms with Crippen molar-refractivity contribution in [3.8, 4) is 5.88 Å². The van der Waals surface area contributed by atoms with Gasteiger partial charge < -0.3 is 9.84 Å². The zero-order valence-corrected chi connectivity index (χ0v) is 17.2. The second-order valence-electron chi connectivity index (χ2n) is 6.58. The summed E-state index contributed by atoms with van der Waals surface area (Å²) >= 11 is 11.6. The van der Waals surface area contributed by atoms with E-state index in [1.807, 2.05) is 18.2 Å². The van der Waals surface area contributed by atoms with Crippen molar-refractivity contribution in [2.24, 2.45) is 0 Å². The molecular formula is C21H17Cl2N4O3+. The van der Waals surface area contributed by atoms with Crippen molar-refractivity contribution >= 4 is 34.6 Å². The normalized spacial score (nSPS) is 11.1. The zero-order chi connectivity index (χ0) is 21.1. The lowest BCUT2D eigenvalue weighted by atomic mass is 10.2. The molecule has 0 unspecified atom stereocenters. The summed E-state index contributed by atoms with van der Waals surface area (Å²) in [6.45, 7) is 0.331. The Balaban J connectivity index is 1.60. The van der Waals surface area contributed by atoms with E-state index in [0.717, 1.165) is 11.1 Å². The number of ether oxygens (including phenoxy) is 1. The van der Waals surface area contributed by atoms with E-state index in [1.54, 1.807) is 51.8 Å². The molecule has 0 fully saturated rings. The zero-order valence-electron chi connectivity index (χ0n) is 15.7.